The molecule has 0 spiro atoms. The van der Waals surface area contributed by atoms with Gasteiger partial charge in [-0.15, -0.1) is 0 Å². The summed E-state index contributed by atoms with van der Waals surface area (Å²) in [7, 11) is 3.15. The SMILES string of the molecule is COc1cc(CNC(=O)[C@]2(Cc3ccccc3)N=C(c3ccc(OCCCO)cc3)O[C@@H]2c2ccc(Cl)cc2Cl)cc(OC)c1. The summed E-state index contributed by atoms with van der Waals surface area (Å²) in [6.45, 7) is 0.632. The van der Waals surface area contributed by atoms with Gasteiger partial charge in [-0.1, -0.05) is 59.6 Å². The molecule has 0 radical (unpaired) electrons. The summed E-state index contributed by atoms with van der Waals surface area (Å²) in [4.78, 5) is 19.6. The highest BCUT2D eigenvalue weighted by Crippen LogP contribution is 2.45. The smallest absolute Gasteiger partial charge is 0.252 e. The number of carbonyl (C=O) groups excluding carboxylic acids is 1. The van der Waals surface area contributed by atoms with Crippen molar-refractivity contribution in [3.63, 3.8) is 0 Å². The molecule has 2 N–H and O–H groups in total. The first-order valence-corrected chi connectivity index (χ1v) is 15.2. The van der Waals surface area contributed by atoms with Gasteiger partial charge in [0.05, 0.1) is 20.8 Å². The summed E-state index contributed by atoms with van der Waals surface area (Å²) in [6.07, 6.45) is -0.116. The van der Waals surface area contributed by atoms with Crippen LogP contribution in [0.15, 0.2) is 96.0 Å². The number of benzene rings is 4. The number of aliphatic hydroxyl groups is 1. The van der Waals surface area contributed by atoms with E-state index in [9.17, 15) is 4.79 Å². The Balaban J connectivity index is 1.56. The first kappa shape index (κ1) is 32.2. The Morgan fingerprint density at radius 3 is 2.27 bits per heavy atom. The van der Waals surface area contributed by atoms with Crippen molar-refractivity contribution in [3.05, 3.63) is 123 Å². The highest BCUT2D eigenvalue weighted by Gasteiger charge is 2.53. The standard InChI is InChI=1S/C35H34Cl2N2O6/c1-42-28-17-24(18-29(20-28)43-2)22-38-34(41)35(21-23-7-4-3-5-8-23)32(30-14-11-26(36)19-31(30)37)45-33(39-35)25-9-12-27(13-10-25)44-16-6-15-40/h3-5,7-14,17-20,32,40H,6,15-16,21-22H2,1-2H3,(H,38,41)/t32-,35-/m1/s1. The Labute approximate surface area is 272 Å². The Hall–Kier alpha value is -4.24. The monoisotopic (exact) mass is 648 g/mol. The third kappa shape index (κ3) is 7.53. The quantitative estimate of drug-likeness (QED) is 0.159. The fourth-order valence-corrected chi connectivity index (χ4v) is 5.69. The van der Waals surface area contributed by atoms with Crippen molar-refractivity contribution in [1.29, 1.82) is 0 Å². The van der Waals surface area contributed by atoms with E-state index in [0.717, 1.165) is 11.1 Å². The van der Waals surface area contributed by atoms with Gasteiger partial charge in [0.25, 0.3) is 5.91 Å². The van der Waals surface area contributed by atoms with Gasteiger partial charge in [-0.3, -0.25) is 4.79 Å². The lowest BCUT2D eigenvalue weighted by atomic mass is 9.82. The van der Waals surface area contributed by atoms with Crippen molar-refractivity contribution in [1.82, 2.24) is 5.32 Å². The number of ether oxygens (including phenoxy) is 4. The molecule has 10 heteroatoms. The highest BCUT2D eigenvalue weighted by molar-refractivity contribution is 6.35. The van der Waals surface area contributed by atoms with Gasteiger partial charge < -0.3 is 29.4 Å². The largest absolute Gasteiger partial charge is 0.497 e. The topological polar surface area (TPSA) is 98.6 Å². The van der Waals surface area contributed by atoms with Crippen LogP contribution in [0, 0.1) is 0 Å². The molecule has 1 aliphatic rings. The summed E-state index contributed by atoms with van der Waals surface area (Å²) >= 11 is 13.0. The van der Waals surface area contributed by atoms with Crippen molar-refractivity contribution in [2.24, 2.45) is 4.99 Å². The maximum Gasteiger partial charge on any atom is 0.252 e. The number of hydrogen-bond donors (Lipinski definition) is 2. The van der Waals surface area contributed by atoms with E-state index in [2.05, 4.69) is 5.32 Å². The third-order valence-corrected chi connectivity index (χ3v) is 8.02. The van der Waals surface area contributed by atoms with Gasteiger partial charge in [-0.25, -0.2) is 4.99 Å². The van der Waals surface area contributed by atoms with Crippen LogP contribution in [-0.2, 0) is 22.5 Å². The fraction of sp³-hybridized carbons (Fsp3) is 0.257. The minimum absolute atomic E-state index is 0.0499. The lowest BCUT2D eigenvalue weighted by Crippen LogP contribution is -2.49. The van der Waals surface area contributed by atoms with Crippen molar-refractivity contribution >= 4 is 35.0 Å². The Bertz CT molecular complexity index is 1630. The molecule has 0 unspecified atom stereocenters. The fourth-order valence-electron chi connectivity index (χ4n) is 5.18. The van der Waals surface area contributed by atoms with Crippen LogP contribution in [0.1, 0.15) is 34.8 Å². The molecule has 8 nitrogen and oxygen atoms in total. The molecule has 2 atom stereocenters. The lowest BCUT2D eigenvalue weighted by molar-refractivity contribution is -0.129. The van der Waals surface area contributed by atoms with E-state index in [-0.39, 0.29) is 25.5 Å². The summed E-state index contributed by atoms with van der Waals surface area (Å²) in [5.41, 5.74) is 1.49. The molecule has 0 aromatic heterocycles. The number of aliphatic imine (C=N–C) groups is 1. The van der Waals surface area contributed by atoms with Gasteiger partial charge in [-0.2, -0.15) is 0 Å². The van der Waals surface area contributed by atoms with E-state index in [1.165, 1.54) is 0 Å². The van der Waals surface area contributed by atoms with Gasteiger partial charge >= 0.3 is 0 Å². The zero-order valence-electron chi connectivity index (χ0n) is 25.0. The number of methoxy groups -OCH3 is 2. The predicted molar refractivity (Wildman–Crippen MR) is 175 cm³/mol. The van der Waals surface area contributed by atoms with E-state index < -0.39 is 11.6 Å². The van der Waals surface area contributed by atoms with E-state index in [1.54, 1.807) is 50.6 Å². The minimum Gasteiger partial charge on any atom is -0.497 e. The lowest BCUT2D eigenvalue weighted by Gasteiger charge is -2.31. The van der Waals surface area contributed by atoms with E-state index in [0.29, 0.717) is 57.3 Å². The maximum atomic E-state index is 14.5. The van der Waals surface area contributed by atoms with Crippen molar-refractivity contribution in [2.75, 3.05) is 27.4 Å². The van der Waals surface area contributed by atoms with E-state index in [4.69, 9.17) is 52.2 Å². The highest BCUT2D eigenvalue weighted by atomic mass is 35.5. The summed E-state index contributed by atoms with van der Waals surface area (Å²) in [6, 6.07) is 27.5. The minimum atomic E-state index is -1.44. The molecule has 0 fully saturated rings. The number of nitrogens with one attached hydrogen (secondary N) is 1. The first-order chi connectivity index (χ1) is 21.8. The molecule has 1 heterocycles. The number of rotatable bonds is 13. The molecule has 5 rings (SSSR count). The molecule has 1 aliphatic heterocycles. The van der Waals surface area contributed by atoms with Crippen LogP contribution in [0.2, 0.25) is 10.0 Å². The third-order valence-electron chi connectivity index (χ3n) is 7.46. The van der Waals surface area contributed by atoms with Crippen LogP contribution < -0.4 is 19.5 Å². The molecule has 0 saturated carbocycles. The van der Waals surface area contributed by atoms with E-state index >= 15 is 0 Å². The number of amides is 1. The summed E-state index contributed by atoms with van der Waals surface area (Å²) < 4.78 is 23.1. The zero-order chi connectivity index (χ0) is 31.8. The van der Waals surface area contributed by atoms with Crippen LogP contribution in [-0.4, -0.2) is 49.9 Å². The van der Waals surface area contributed by atoms with Gasteiger partial charge in [0.2, 0.25) is 5.90 Å². The van der Waals surface area contributed by atoms with Gasteiger partial charge in [-0.05, 0) is 59.7 Å². The second kappa shape index (κ2) is 14.7. The molecular formula is C35H34Cl2N2O6. The van der Waals surface area contributed by atoms with Crippen molar-refractivity contribution in [2.45, 2.75) is 31.0 Å². The van der Waals surface area contributed by atoms with E-state index in [1.807, 2.05) is 54.6 Å². The van der Waals surface area contributed by atoms with Crippen LogP contribution in [0.25, 0.3) is 0 Å². The second-order valence-corrected chi connectivity index (χ2v) is 11.4. The molecule has 45 heavy (non-hydrogen) atoms. The number of halogens is 2. The van der Waals surface area contributed by atoms with Crippen LogP contribution in [0.4, 0.5) is 0 Å². The molecule has 4 aromatic rings. The normalized spacial score (nSPS) is 17.3. The number of carbonyl (C=O) groups is 1. The Morgan fingerprint density at radius 2 is 1.62 bits per heavy atom. The van der Waals surface area contributed by atoms with Crippen molar-refractivity contribution < 1.29 is 28.8 Å². The van der Waals surface area contributed by atoms with Gasteiger partial charge in [0.15, 0.2) is 11.6 Å². The zero-order valence-corrected chi connectivity index (χ0v) is 26.5. The van der Waals surface area contributed by atoms with Gasteiger partial charge in [0.1, 0.15) is 17.2 Å². The summed E-state index contributed by atoms with van der Waals surface area (Å²) in [5, 5.41) is 13.0. The number of hydrogen-bond acceptors (Lipinski definition) is 7. The second-order valence-electron chi connectivity index (χ2n) is 10.5. The van der Waals surface area contributed by atoms with Crippen LogP contribution in [0.5, 0.6) is 17.2 Å². The van der Waals surface area contributed by atoms with Crippen molar-refractivity contribution in [3.8, 4) is 17.2 Å². The maximum absolute atomic E-state index is 14.5. The number of nitrogens with zero attached hydrogens (tertiary/aromatic N) is 1. The molecular weight excluding hydrogens is 615 g/mol. The molecule has 4 aromatic carbocycles. The molecule has 1 amide bonds. The average molecular weight is 650 g/mol. The summed E-state index contributed by atoms with van der Waals surface area (Å²) in [5.74, 6) is 1.81. The predicted octanol–water partition coefficient (Wildman–Crippen LogP) is 6.59. The molecule has 0 saturated heterocycles. The molecule has 234 valence electrons. The average Bonchev–Trinajstić information content (AvgIpc) is 3.44. The Kier molecular flexibility index (Phi) is 10.5. The van der Waals surface area contributed by atoms with Gasteiger partial charge in [0, 0.05) is 53.2 Å². The molecule has 0 bridgehead atoms. The first-order valence-electron chi connectivity index (χ1n) is 14.4. The molecule has 0 aliphatic carbocycles. The van der Waals surface area contributed by atoms with Crippen LogP contribution in [0.3, 0.4) is 0 Å². The Morgan fingerprint density at radius 1 is 0.911 bits per heavy atom. The number of aliphatic hydroxyl groups excluding tert-OH is 1. The van der Waals surface area contributed by atoms with Crippen LogP contribution >= 0.6 is 23.2 Å².